The molecule has 0 radical (unpaired) electrons. The number of rotatable bonds is 7. The average Bonchev–Trinajstić information content (AvgIpc) is 3.31. The van der Waals surface area contributed by atoms with Gasteiger partial charge in [0.25, 0.3) is 11.8 Å². The first-order chi connectivity index (χ1) is 18.8. The Hall–Kier alpha value is -5.17. The second-order valence-electron chi connectivity index (χ2n) is 9.27. The van der Waals surface area contributed by atoms with Gasteiger partial charge in [0.15, 0.2) is 0 Å². The van der Waals surface area contributed by atoms with Gasteiger partial charge in [-0.3, -0.25) is 14.4 Å². The number of benzene rings is 4. The van der Waals surface area contributed by atoms with Gasteiger partial charge < -0.3 is 20.2 Å². The van der Waals surface area contributed by atoms with E-state index in [9.17, 15) is 14.4 Å². The third-order valence-corrected chi connectivity index (χ3v) is 6.45. The van der Waals surface area contributed by atoms with E-state index in [1.54, 1.807) is 49.5 Å². The van der Waals surface area contributed by atoms with Crippen molar-refractivity contribution in [3.63, 3.8) is 0 Å². The second kappa shape index (κ2) is 10.7. The van der Waals surface area contributed by atoms with E-state index in [-0.39, 0.29) is 18.2 Å². The van der Waals surface area contributed by atoms with E-state index in [2.05, 4.69) is 10.6 Å². The molecule has 0 saturated heterocycles. The van der Waals surface area contributed by atoms with Gasteiger partial charge in [0.05, 0.1) is 12.0 Å². The highest BCUT2D eigenvalue weighted by molar-refractivity contribution is 6.12. The van der Waals surface area contributed by atoms with Crippen molar-refractivity contribution in [1.82, 2.24) is 5.32 Å². The van der Waals surface area contributed by atoms with Crippen LogP contribution in [0.15, 0.2) is 95.4 Å². The molecule has 0 aliphatic heterocycles. The number of hydrogen-bond acceptors (Lipinski definition) is 4. The maximum Gasteiger partial charge on any atom is 0.307 e. The minimum absolute atomic E-state index is 0.126. The van der Waals surface area contributed by atoms with Crippen molar-refractivity contribution in [3.8, 4) is 22.5 Å². The van der Waals surface area contributed by atoms with Crippen LogP contribution in [-0.4, -0.2) is 29.9 Å². The third-order valence-electron chi connectivity index (χ3n) is 6.45. The number of carbonyl (C=O) groups excluding carboxylic acids is 2. The first kappa shape index (κ1) is 25.5. The van der Waals surface area contributed by atoms with Gasteiger partial charge in [-0.1, -0.05) is 60.2 Å². The van der Waals surface area contributed by atoms with E-state index < -0.39 is 5.97 Å². The molecule has 194 valence electrons. The molecule has 0 aliphatic rings. The fraction of sp³-hybridized carbons (Fsp3) is 0.0938. The van der Waals surface area contributed by atoms with Crippen LogP contribution in [0.2, 0.25) is 0 Å². The summed E-state index contributed by atoms with van der Waals surface area (Å²) in [4.78, 5) is 37.0. The molecule has 0 atom stereocenters. The van der Waals surface area contributed by atoms with Gasteiger partial charge in [0.1, 0.15) is 11.3 Å². The number of hydrogen-bond donors (Lipinski definition) is 3. The van der Waals surface area contributed by atoms with Crippen LogP contribution in [0.1, 0.15) is 31.8 Å². The molecule has 0 aliphatic carbocycles. The number of aryl methyl sites for hydroxylation is 1. The fourth-order valence-corrected chi connectivity index (χ4v) is 4.51. The Labute approximate surface area is 225 Å². The molecule has 5 rings (SSSR count). The highest BCUT2D eigenvalue weighted by atomic mass is 16.4. The topological polar surface area (TPSA) is 109 Å². The summed E-state index contributed by atoms with van der Waals surface area (Å²) in [7, 11) is 1.59. The van der Waals surface area contributed by atoms with Crippen LogP contribution in [0.3, 0.4) is 0 Å². The summed E-state index contributed by atoms with van der Waals surface area (Å²) < 4.78 is 6.14. The molecule has 7 heteroatoms. The first-order valence-electron chi connectivity index (χ1n) is 12.4. The average molecular weight is 519 g/mol. The highest BCUT2D eigenvalue weighted by Gasteiger charge is 2.22. The van der Waals surface area contributed by atoms with Crippen LogP contribution in [0.5, 0.6) is 0 Å². The Morgan fingerprint density at radius 3 is 2.26 bits per heavy atom. The molecular weight excluding hydrogens is 492 g/mol. The lowest BCUT2D eigenvalue weighted by Gasteiger charge is -2.09. The Morgan fingerprint density at radius 2 is 1.51 bits per heavy atom. The molecule has 0 fully saturated rings. The molecule has 0 unspecified atom stereocenters. The molecule has 5 aromatic rings. The van der Waals surface area contributed by atoms with Crippen LogP contribution >= 0.6 is 0 Å². The summed E-state index contributed by atoms with van der Waals surface area (Å²) in [6.07, 6.45) is -0.126. The van der Waals surface area contributed by atoms with E-state index in [1.807, 2.05) is 55.5 Å². The van der Waals surface area contributed by atoms with Gasteiger partial charge >= 0.3 is 5.97 Å². The Bertz CT molecular complexity index is 1720. The molecular formula is C32H26N2O5. The molecule has 7 nitrogen and oxygen atoms in total. The third kappa shape index (κ3) is 5.43. The Balaban J connectivity index is 1.49. The predicted octanol–water partition coefficient (Wildman–Crippen LogP) is 6.31. The van der Waals surface area contributed by atoms with Crippen LogP contribution in [-0.2, 0) is 11.2 Å². The summed E-state index contributed by atoms with van der Waals surface area (Å²) in [6, 6.07) is 27.4. The fourth-order valence-electron chi connectivity index (χ4n) is 4.51. The van der Waals surface area contributed by atoms with Crippen molar-refractivity contribution < 1.29 is 23.9 Å². The minimum atomic E-state index is -0.939. The monoisotopic (exact) mass is 518 g/mol. The van der Waals surface area contributed by atoms with Crippen molar-refractivity contribution in [3.05, 3.63) is 113 Å². The number of amides is 2. The standard InChI is InChI=1S/C32H26N2O5/c1-19-9-11-21(12-10-19)30-29(32(38)33-2)26-18-23(13-14-27(26)39-30)22-6-4-7-24(17-22)31(37)34-25-8-3-5-20(15-25)16-28(35)36/h3-15,17-18H,16H2,1-2H3,(H,33,38)(H,34,37)(H,35,36). The molecule has 0 saturated carbocycles. The first-order valence-corrected chi connectivity index (χ1v) is 12.4. The van der Waals surface area contributed by atoms with Crippen LogP contribution in [0, 0.1) is 6.92 Å². The zero-order chi connectivity index (χ0) is 27.5. The van der Waals surface area contributed by atoms with Gasteiger partial charge in [-0.25, -0.2) is 0 Å². The lowest BCUT2D eigenvalue weighted by molar-refractivity contribution is -0.136. The van der Waals surface area contributed by atoms with E-state index in [0.29, 0.717) is 39.1 Å². The van der Waals surface area contributed by atoms with Crippen LogP contribution in [0.4, 0.5) is 5.69 Å². The summed E-state index contributed by atoms with van der Waals surface area (Å²) in [5.74, 6) is -1.01. The maximum atomic E-state index is 13.0. The second-order valence-corrected chi connectivity index (χ2v) is 9.27. The van der Waals surface area contributed by atoms with E-state index in [1.165, 1.54) is 0 Å². The predicted molar refractivity (Wildman–Crippen MR) is 151 cm³/mol. The van der Waals surface area contributed by atoms with Crippen molar-refractivity contribution in [2.45, 2.75) is 13.3 Å². The number of carbonyl (C=O) groups is 3. The maximum absolute atomic E-state index is 13.0. The summed E-state index contributed by atoms with van der Waals surface area (Å²) in [5, 5.41) is 15.3. The van der Waals surface area contributed by atoms with Gasteiger partial charge in [0.2, 0.25) is 0 Å². The molecule has 4 aromatic carbocycles. The SMILES string of the molecule is CNC(=O)c1c(-c2ccc(C)cc2)oc2ccc(-c3cccc(C(=O)Nc4cccc(CC(=O)O)c4)c3)cc12. The zero-order valence-corrected chi connectivity index (χ0v) is 21.4. The number of furan rings is 1. The molecule has 0 bridgehead atoms. The summed E-state index contributed by atoms with van der Waals surface area (Å²) in [5.41, 5.74) is 6.12. The highest BCUT2D eigenvalue weighted by Crippen LogP contribution is 2.36. The number of anilines is 1. The van der Waals surface area contributed by atoms with Gasteiger partial charge in [-0.05, 0) is 60.0 Å². The van der Waals surface area contributed by atoms with Crippen LogP contribution in [0.25, 0.3) is 33.4 Å². The number of nitrogens with one attached hydrogen (secondary N) is 2. The Kier molecular flexibility index (Phi) is 6.97. The quantitative estimate of drug-likeness (QED) is 0.234. The zero-order valence-electron chi connectivity index (χ0n) is 21.4. The number of aliphatic carboxylic acids is 1. The van der Waals surface area contributed by atoms with Crippen molar-refractivity contribution in [2.75, 3.05) is 12.4 Å². The normalized spacial score (nSPS) is 10.8. The van der Waals surface area contributed by atoms with Crippen LogP contribution < -0.4 is 10.6 Å². The molecule has 1 heterocycles. The number of carboxylic acids is 1. The molecule has 0 spiro atoms. The lowest BCUT2D eigenvalue weighted by atomic mass is 9.98. The largest absolute Gasteiger partial charge is 0.481 e. The Morgan fingerprint density at radius 1 is 0.795 bits per heavy atom. The van der Waals surface area contributed by atoms with E-state index in [0.717, 1.165) is 22.3 Å². The summed E-state index contributed by atoms with van der Waals surface area (Å²) in [6.45, 7) is 2.00. The van der Waals surface area contributed by atoms with E-state index in [4.69, 9.17) is 9.52 Å². The minimum Gasteiger partial charge on any atom is -0.481 e. The lowest BCUT2D eigenvalue weighted by Crippen LogP contribution is -2.18. The van der Waals surface area contributed by atoms with Crippen molar-refractivity contribution >= 4 is 34.4 Å². The van der Waals surface area contributed by atoms with Gasteiger partial charge in [-0.15, -0.1) is 0 Å². The molecule has 1 aromatic heterocycles. The number of carboxylic acid groups (broad SMARTS) is 1. The van der Waals surface area contributed by atoms with Crippen molar-refractivity contribution in [1.29, 1.82) is 0 Å². The van der Waals surface area contributed by atoms with Crippen molar-refractivity contribution in [2.24, 2.45) is 0 Å². The summed E-state index contributed by atoms with van der Waals surface area (Å²) >= 11 is 0. The van der Waals surface area contributed by atoms with Gasteiger partial charge in [-0.2, -0.15) is 0 Å². The number of fused-ring (bicyclic) bond motifs is 1. The van der Waals surface area contributed by atoms with Gasteiger partial charge in [0, 0.05) is 29.2 Å². The molecule has 2 amide bonds. The molecule has 3 N–H and O–H groups in total. The smallest absolute Gasteiger partial charge is 0.307 e. The molecule has 39 heavy (non-hydrogen) atoms. The van der Waals surface area contributed by atoms with E-state index >= 15 is 0 Å².